The molecule has 3 rings (SSSR count). The summed E-state index contributed by atoms with van der Waals surface area (Å²) in [6.45, 7) is 2.01. The molecule has 1 aliphatic heterocycles. The van der Waals surface area contributed by atoms with Crippen molar-refractivity contribution >= 4 is 34.8 Å². The van der Waals surface area contributed by atoms with Gasteiger partial charge in [0, 0.05) is 48.5 Å². The zero-order valence-electron chi connectivity index (χ0n) is 13.2. The summed E-state index contributed by atoms with van der Waals surface area (Å²) in [5.41, 5.74) is 4.57. The van der Waals surface area contributed by atoms with Crippen LogP contribution in [0.4, 0.5) is 16.3 Å². The van der Waals surface area contributed by atoms with Crippen LogP contribution in [0, 0.1) is 6.92 Å². The molecule has 2 amide bonds. The van der Waals surface area contributed by atoms with Gasteiger partial charge < -0.3 is 10.2 Å². The van der Waals surface area contributed by atoms with Crippen LogP contribution in [0.3, 0.4) is 0 Å². The molecule has 0 aliphatic carbocycles. The molecule has 0 spiro atoms. The number of fused-ring (bicyclic) bond motifs is 1. The van der Waals surface area contributed by atoms with E-state index in [1.54, 1.807) is 32.4 Å². The van der Waals surface area contributed by atoms with Gasteiger partial charge in [0.05, 0.1) is 5.71 Å². The van der Waals surface area contributed by atoms with Crippen molar-refractivity contribution in [2.75, 3.05) is 19.4 Å². The molecule has 23 heavy (non-hydrogen) atoms. The highest BCUT2D eigenvalue weighted by atomic mass is 35.5. The molecule has 0 unspecified atom stereocenters. The molecule has 1 aliphatic rings. The third-order valence-corrected chi connectivity index (χ3v) is 3.94. The van der Waals surface area contributed by atoms with Gasteiger partial charge in [0.15, 0.2) is 5.82 Å². The predicted molar refractivity (Wildman–Crippen MR) is 93.0 cm³/mol. The SMILES string of the molecule is Cc1cnc2c(c1)CC(c1cc(NC(=O)N(C)C)ccc1Cl)=N2. The van der Waals surface area contributed by atoms with E-state index in [1.807, 2.05) is 13.0 Å². The quantitative estimate of drug-likeness (QED) is 0.911. The van der Waals surface area contributed by atoms with Gasteiger partial charge in [0.2, 0.25) is 0 Å². The Labute approximate surface area is 140 Å². The van der Waals surface area contributed by atoms with E-state index >= 15 is 0 Å². The smallest absolute Gasteiger partial charge is 0.321 e. The van der Waals surface area contributed by atoms with Gasteiger partial charge in [-0.1, -0.05) is 17.7 Å². The average molecular weight is 329 g/mol. The Morgan fingerprint density at radius 3 is 2.83 bits per heavy atom. The molecule has 1 aromatic heterocycles. The molecule has 118 valence electrons. The monoisotopic (exact) mass is 328 g/mol. The van der Waals surface area contributed by atoms with Gasteiger partial charge in [-0.3, -0.25) is 0 Å². The summed E-state index contributed by atoms with van der Waals surface area (Å²) in [7, 11) is 3.38. The van der Waals surface area contributed by atoms with E-state index in [-0.39, 0.29) is 6.03 Å². The lowest BCUT2D eigenvalue weighted by Crippen LogP contribution is -2.27. The predicted octanol–water partition coefficient (Wildman–Crippen LogP) is 3.81. The zero-order valence-corrected chi connectivity index (χ0v) is 14.0. The second-order valence-electron chi connectivity index (χ2n) is 5.75. The first-order chi connectivity index (χ1) is 10.9. The van der Waals surface area contributed by atoms with E-state index in [9.17, 15) is 4.79 Å². The number of pyridine rings is 1. The first-order valence-corrected chi connectivity index (χ1v) is 7.63. The van der Waals surface area contributed by atoms with Crippen LogP contribution in [0.25, 0.3) is 0 Å². The number of rotatable bonds is 2. The molecule has 2 heterocycles. The fourth-order valence-electron chi connectivity index (χ4n) is 2.42. The summed E-state index contributed by atoms with van der Waals surface area (Å²) in [5, 5.41) is 3.43. The Hall–Kier alpha value is -2.40. The molecular weight excluding hydrogens is 312 g/mol. The third kappa shape index (κ3) is 3.19. The number of carbonyl (C=O) groups is 1. The van der Waals surface area contributed by atoms with Crippen LogP contribution in [0.5, 0.6) is 0 Å². The Bertz CT molecular complexity index is 814. The Kier molecular flexibility index (Phi) is 4.05. The highest BCUT2D eigenvalue weighted by molar-refractivity contribution is 6.34. The number of aliphatic imine (C=N–C) groups is 1. The second kappa shape index (κ2) is 6.01. The van der Waals surface area contributed by atoms with Crippen molar-refractivity contribution in [3.63, 3.8) is 0 Å². The van der Waals surface area contributed by atoms with Gasteiger partial charge >= 0.3 is 6.03 Å². The number of aryl methyl sites for hydroxylation is 1. The fraction of sp³-hybridized carbons (Fsp3) is 0.235. The van der Waals surface area contributed by atoms with E-state index in [0.29, 0.717) is 17.1 Å². The Balaban J connectivity index is 1.91. The number of nitrogens with one attached hydrogen (secondary N) is 1. The first-order valence-electron chi connectivity index (χ1n) is 7.25. The summed E-state index contributed by atoms with van der Waals surface area (Å²) in [6.07, 6.45) is 2.50. The van der Waals surface area contributed by atoms with E-state index in [0.717, 1.165) is 28.2 Å². The molecule has 2 aromatic rings. The van der Waals surface area contributed by atoms with Gasteiger partial charge in [0.1, 0.15) is 0 Å². The number of hydrogen-bond acceptors (Lipinski definition) is 3. The van der Waals surface area contributed by atoms with Crippen molar-refractivity contribution in [1.82, 2.24) is 9.88 Å². The van der Waals surface area contributed by atoms with Crippen molar-refractivity contribution < 1.29 is 4.79 Å². The van der Waals surface area contributed by atoms with Crippen LogP contribution in [-0.2, 0) is 6.42 Å². The lowest BCUT2D eigenvalue weighted by Gasteiger charge is -2.13. The van der Waals surface area contributed by atoms with Crippen LogP contribution in [0.15, 0.2) is 35.5 Å². The number of carbonyl (C=O) groups excluding carboxylic acids is 1. The number of benzene rings is 1. The van der Waals surface area contributed by atoms with E-state index in [2.05, 4.69) is 21.4 Å². The topological polar surface area (TPSA) is 57.6 Å². The molecule has 0 saturated heterocycles. The molecule has 0 fully saturated rings. The standard InChI is InChI=1S/C17H17ClN4O/c1-10-6-11-7-15(21-16(11)19-9-10)13-8-12(4-5-14(13)18)20-17(23)22(2)3/h4-6,8-9H,7H2,1-3H3,(H,20,23). The van der Waals surface area contributed by atoms with E-state index in [4.69, 9.17) is 11.6 Å². The van der Waals surface area contributed by atoms with Crippen LogP contribution in [0.2, 0.25) is 5.02 Å². The van der Waals surface area contributed by atoms with Crippen molar-refractivity contribution in [2.24, 2.45) is 4.99 Å². The molecule has 1 N–H and O–H groups in total. The lowest BCUT2D eigenvalue weighted by atomic mass is 10.0. The summed E-state index contributed by atoms with van der Waals surface area (Å²) in [4.78, 5) is 22.2. The fourth-order valence-corrected chi connectivity index (χ4v) is 2.64. The van der Waals surface area contributed by atoms with Gasteiger partial charge in [-0.25, -0.2) is 14.8 Å². The summed E-state index contributed by atoms with van der Waals surface area (Å²) < 4.78 is 0. The Morgan fingerprint density at radius 1 is 1.30 bits per heavy atom. The van der Waals surface area contributed by atoms with Crippen LogP contribution < -0.4 is 5.32 Å². The summed E-state index contributed by atoms with van der Waals surface area (Å²) >= 11 is 6.33. The van der Waals surface area contributed by atoms with Gasteiger partial charge in [0.25, 0.3) is 0 Å². The molecule has 5 nitrogen and oxygen atoms in total. The van der Waals surface area contributed by atoms with Gasteiger partial charge in [-0.15, -0.1) is 0 Å². The van der Waals surface area contributed by atoms with Crippen LogP contribution >= 0.6 is 11.6 Å². The van der Waals surface area contributed by atoms with Crippen molar-refractivity contribution in [3.05, 3.63) is 52.2 Å². The zero-order chi connectivity index (χ0) is 16.6. The summed E-state index contributed by atoms with van der Waals surface area (Å²) in [5.74, 6) is 0.740. The number of aromatic nitrogens is 1. The molecule has 6 heteroatoms. The maximum Gasteiger partial charge on any atom is 0.321 e. The van der Waals surface area contributed by atoms with E-state index < -0.39 is 0 Å². The van der Waals surface area contributed by atoms with Gasteiger partial charge in [-0.2, -0.15) is 0 Å². The molecule has 1 aromatic carbocycles. The second-order valence-corrected chi connectivity index (χ2v) is 6.16. The minimum atomic E-state index is -0.188. The first kappa shape index (κ1) is 15.5. The number of urea groups is 1. The minimum Gasteiger partial charge on any atom is -0.331 e. The van der Waals surface area contributed by atoms with E-state index in [1.165, 1.54) is 4.90 Å². The average Bonchev–Trinajstić information content (AvgIpc) is 2.91. The molecule has 0 radical (unpaired) electrons. The molecule has 0 atom stereocenters. The number of amides is 2. The largest absolute Gasteiger partial charge is 0.331 e. The normalized spacial score (nSPS) is 12.6. The van der Waals surface area contributed by atoms with Crippen molar-refractivity contribution in [2.45, 2.75) is 13.3 Å². The molecule has 0 bridgehead atoms. The third-order valence-electron chi connectivity index (χ3n) is 3.61. The summed E-state index contributed by atoms with van der Waals surface area (Å²) in [6, 6.07) is 7.29. The maximum absolute atomic E-state index is 11.8. The maximum atomic E-state index is 11.8. The lowest BCUT2D eigenvalue weighted by molar-refractivity contribution is 0.230. The number of hydrogen-bond donors (Lipinski definition) is 1. The van der Waals surface area contributed by atoms with Crippen LogP contribution in [0.1, 0.15) is 16.7 Å². The molecular formula is C17H17ClN4O. The highest BCUT2D eigenvalue weighted by Crippen LogP contribution is 2.31. The minimum absolute atomic E-state index is 0.188. The number of halogens is 1. The van der Waals surface area contributed by atoms with Crippen molar-refractivity contribution in [1.29, 1.82) is 0 Å². The number of nitrogens with zero attached hydrogens (tertiary/aromatic N) is 3. The van der Waals surface area contributed by atoms with Crippen LogP contribution in [-0.4, -0.2) is 35.7 Å². The number of anilines is 1. The van der Waals surface area contributed by atoms with Crippen molar-refractivity contribution in [3.8, 4) is 0 Å². The highest BCUT2D eigenvalue weighted by Gasteiger charge is 2.20. The Morgan fingerprint density at radius 2 is 2.09 bits per heavy atom. The molecule has 0 saturated carbocycles. The van der Waals surface area contributed by atoms with Gasteiger partial charge in [-0.05, 0) is 30.7 Å².